The number of nitrogens with zero attached hydrogens (tertiary/aromatic N) is 3. The Balaban J connectivity index is 1.56. The van der Waals surface area contributed by atoms with E-state index in [4.69, 9.17) is 28.9 Å². The zero-order valence-corrected chi connectivity index (χ0v) is 37.1. The van der Waals surface area contributed by atoms with Crippen LogP contribution >= 0.6 is 0 Å². The normalized spacial score (nSPS) is 34.2. The molecule has 4 heterocycles. The summed E-state index contributed by atoms with van der Waals surface area (Å²) in [5, 5.41) is 50.1. The number of Topliss-reactive ketones (excluding diaryl/α,β-unsaturated/α-hetero) is 1. The van der Waals surface area contributed by atoms with E-state index in [9.17, 15) is 34.8 Å². The molecule has 10 atom stereocenters. The topological polar surface area (TPSA) is 209 Å². The number of aliphatic hydroxyl groups excluding tert-OH is 2. The van der Waals surface area contributed by atoms with Crippen molar-refractivity contribution in [3.05, 3.63) is 58.0 Å². The molecule has 2 aromatic rings. The molecule has 2 unspecified atom stereocenters. The number of amides is 1. The number of likely N-dealkylation sites (tertiary alicyclic amines) is 1. The fourth-order valence-electron chi connectivity index (χ4n) is 9.30. The van der Waals surface area contributed by atoms with E-state index in [0.717, 1.165) is 13.1 Å². The number of carbonyl (C=O) groups is 3. The van der Waals surface area contributed by atoms with E-state index in [2.05, 4.69) is 24.1 Å². The molecule has 61 heavy (non-hydrogen) atoms. The zero-order chi connectivity index (χ0) is 44.9. The van der Waals surface area contributed by atoms with Crippen LogP contribution in [0.1, 0.15) is 84.7 Å². The van der Waals surface area contributed by atoms with Crippen molar-refractivity contribution in [1.29, 1.82) is 0 Å². The number of allylic oxidation sites excluding steroid dienone is 2. The predicted molar refractivity (Wildman–Crippen MR) is 228 cm³/mol. The third-order valence-corrected chi connectivity index (χ3v) is 12.9. The van der Waals surface area contributed by atoms with E-state index in [1.807, 2.05) is 0 Å². The molecule has 6 rings (SSSR count). The van der Waals surface area contributed by atoms with Gasteiger partial charge < -0.3 is 49.6 Å². The van der Waals surface area contributed by atoms with Crippen molar-refractivity contribution in [1.82, 2.24) is 4.90 Å². The van der Waals surface area contributed by atoms with Gasteiger partial charge in [-0.25, -0.2) is 0 Å². The lowest BCUT2D eigenvalue weighted by molar-refractivity contribution is -0.160. The number of hydrogen-bond donors (Lipinski definition) is 5. The first-order valence-corrected chi connectivity index (χ1v) is 21.2. The summed E-state index contributed by atoms with van der Waals surface area (Å²) in [5.74, 6) is -6.50. The van der Waals surface area contributed by atoms with E-state index in [0.29, 0.717) is 18.9 Å². The Kier molecular flexibility index (Phi) is 13.1. The van der Waals surface area contributed by atoms with Gasteiger partial charge in [0.25, 0.3) is 11.7 Å². The van der Waals surface area contributed by atoms with Crippen molar-refractivity contribution in [2.24, 2.45) is 39.6 Å². The SMILES string of the molecule is CO[C@H]1/C=C/O[C@@]2(C)Oc3c(C)c(O)c4c(O)c(c5c(c4c3C2=O)=NC2(CCN(CC(C)C)C2)CN=5)NC(=O)/C(C)=C/C=C/[C@H](C)[C@@H](O)[C@H](C)[C@H](O)[C@@H](C)[C@H](OC(C)=O)C1C. The fraction of sp³-hybridized carbons (Fsp3) is 0.587. The molecular formula is C46H62N4O11. The van der Waals surface area contributed by atoms with Crippen molar-refractivity contribution in [3.63, 3.8) is 0 Å². The van der Waals surface area contributed by atoms with Crippen molar-refractivity contribution < 1.29 is 53.8 Å². The Morgan fingerprint density at radius 3 is 2.38 bits per heavy atom. The summed E-state index contributed by atoms with van der Waals surface area (Å²) in [4.78, 5) is 53.7. The number of hydrogen-bond acceptors (Lipinski definition) is 14. The molecule has 1 spiro atoms. The number of benzene rings is 2. The smallest absolute Gasteiger partial charge is 0.312 e. The van der Waals surface area contributed by atoms with Crippen LogP contribution in [-0.4, -0.2) is 112 Å². The van der Waals surface area contributed by atoms with Gasteiger partial charge in [-0.05, 0) is 32.3 Å². The quantitative estimate of drug-likeness (QED) is 0.214. The Morgan fingerprint density at radius 1 is 1.02 bits per heavy atom. The zero-order valence-electron chi connectivity index (χ0n) is 37.1. The van der Waals surface area contributed by atoms with Crippen LogP contribution in [0.4, 0.5) is 5.69 Å². The van der Waals surface area contributed by atoms with Crippen LogP contribution < -0.4 is 20.8 Å². The third kappa shape index (κ3) is 8.54. The van der Waals surface area contributed by atoms with Gasteiger partial charge in [-0.1, -0.05) is 59.8 Å². The molecule has 1 amide bonds. The highest BCUT2D eigenvalue weighted by Crippen LogP contribution is 2.49. The molecule has 0 radical (unpaired) electrons. The lowest BCUT2D eigenvalue weighted by Crippen LogP contribution is -2.46. The van der Waals surface area contributed by atoms with Gasteiger partial charge in [-0.15, -0.1) is 0 Å². The number of phenolic OH excluding ortho intramolecular Hbond substituents is 2. The maximum atomic E-state index is 14.8. The number of ether oxygens (including phenoxy) is 4. The lowest BCUT2D eigenvalue weighted by Gasteiger charge is -2.38. The summed E-state index contributed by atoms with van der Waals surface area (Å²) in [6.07, 6.45) is 4.63. The van der Waals surface area contributed by atoms with E-state index < -0.39 is 82.8 Å². The molecule has 1 saturated heterocycles. The van der Waals surface area contributed by atoms with E-state index in [1.165, 1.54) is 27.2 Å². The second-order valence-electron chi connectivity index (χ2n) is 18.1. The Morgan fingerprint density at radius 2 is 1.72 bits per heavy atom. The molecule has 4 aliphatic rings. The first-order valence-electron chi connectivity index (χ1n) is 21.2. The van der Waals surface area contributed by atoms with Crippen LogP contribution in [0.25, 0.3) is 10.8 Å². The summed E-state index contributed by atoms with van der Waals surface area (Å²) in [6.45, 7) is 19.7. The molecule has 1 fully saturated rings. The molecule has 0 aromatic heterocycles. The number of nitrogens with one attached hydrogen (secondary N) is 1. The minimum atomic E-state index is -1.96. The molecule has 332 valence electrons. The Bertz CT molecular complexity index is 2310. The van der Waals surface area contributed by atoms with Crippen LogP contribution in [0, 0.1) is 36.5 Å². The second kappa shape index (κ2) is 17.5. The molecule has 4 aliphatic heterocycles. The van der Waals surface area contributed by atoms with Crippen LogP contribution in [0.5, 0.6) is 17.2 Å². The summed E-state index contributed by atoms with van der Waals surface area (Å²) in [6, 6.07) is 0. The van der Waals surface area contributed by atoms with Crippen molar-refractivity contribution in [2.45, 2.75) is 111 Å². The van der Waals surface area contributed by atoms with E-state index in [1.54, 1.807) is 65.8 Å². The van der Waals surface area contributed by atoms with E-state index in [-0.39, 0.29) is 61.9 Å². The highest BCUT2D eigenvalue weighted by Gasteiger charge is 2.50. The number of esters is 1. The fourth-order valence-corrected chi connectivity index (χ4v) is 9.30. The average molecular weight is 847 g/mol. The number of phenols is 2. The van der Waals surface area contributed by atoms with Gasteiger partial charge in [-0.2, -0.15) is 0 Å². The summed E-state index contributed by atoms with van der Waals surface area (Å²) < 4.78 is 24.0. The van der Waals surface area contributed by atoms with Gasteiger partial charge in [-0.3, -0.25) is 24.4 Å². The number of ketones is 1. The summed E-state index contributed by atoms with van der Waals surface area (Å²) in [5.41, 5.74) is -0.296. The van der Waals surface area contributed by atoms with Crippen molar-refractivity contribution in [3.8, 4) is 17.2 Å². The Labute approximate surface area is 356 Å². The number of aliphatic hydroxyl groups is 2. The first-order chi connectivity index (χ1) is 28.6. The monoisotopic (exact) mass is 846 g/mol. The largest absolute Gasteiger partial charge is 0.507 e. The first kappa shape index (κ1) is 45.7. The minimum absolute atomic E-state index is 0.0363. The number of anilines is 1. The number of rotatable bonds is 4. The van der Waals surface area contributed by atoms with Gasteiger partial charge in [0.1, 0.15) is 28.6 Å². The van der Waals surface area contributed by atoms with Gasteiger partial charge in [0.2, 0.25) is 0 Å². The number of carbonyl (C=O) groups excluding carboxylic acids is 3. The maximum Gasteiger partial charge on any atom is 0.312 e. The van der Waals surface area contributed by atoms with Crippen molar-refractivity contribution in [2.75, 3.05) is 38.6 Å². The molecule has 4 bridgehead atoms. The molecule has 0 saturated carbocycles. The van der Waals surface area contributed by atoms with Crippen LogP contribution in [0.2, 0.25) is 0 Å². The van der Waals surface area contributed by atoms with E-state index >= 15 is 0 Å². The lowest BCUT2D eigenvalue weighted by atomic mass is 9.78. The van der Waals surface area contributed by atoms with Crippen LogP contribution in [0.15, 0.2) is 46.1 Å². The highest BCUT2D eigenvalue weighted by atomic mass is 16.7. The minimum Gasteiger partial charge on any atom is -0.507 e. The molecule has 2 aromatic carbocycles. The molecule has 5 N–H and O–H groups in total. The maximum absolute atomic E-state index is 14.8. The molecule has 0 aliphatic carbocycles. The van der Waals surface area contributed by atoms with Gasteiger partial charge >= 0.3 is 11.8 Å². The molecular weight excluding hydrogens is 785 g/mol. The van der Waals surface area contributed by atoms with Gasteiger partial charge in [0, 0.05) is 80.8 Å². The number of methoxy groups -OCH3 is 1. The van der Waals surface area contributed by atoms with Crippen LogP contribution in [0.3, 0.4) is 0 Å². The van der Waals surface area contributed by atoms with Gasteiger partial charge in [0.15, 0.2) is 5.75 Å². The highest BCUT2D eigenvalue weighted by molar-refractivity contribution is 6.19. The predicted octanol–water partition coefficient (Wildman–Crippen LogP) is 4.40. The average Bonchev–Trinajstić information content (AvgIpc) is 3.71. The molecule has 15 nitrogen and oxygen atoms in total. The standard InChI is InChI=1S/C46H62N4O11/c1-22(2)19-50-17-16-46(21-50)20-47-35-34(49-46)31-32-39(54)28(8)42-33(31)43(56)45(10,61-42)59-18-15-30(58-11)25(5)41(60-29(9)51)27(7)38(53)26(6)37(52)23(3)13-12-14-24(4)44(57)48-36(35)40(32)55/h12-15,18,22-23,25-27,30,37-38,41,52-55H,16-17,19-21H2,1-11H3,(H,48,57)/b13-12+,18-15+,24-14+/t23-,25?,26-,27+,30-,37+,38-,41+,45-,46?/m0/s1. The number of aromatic hydroxyl groups is 2. The summed E-state index contributed by atoms with van der Waals surface area (Å²) >= 11 is 0. The number of fused-ring (bicyclic) bond motifs is 1. The Hall–Kier alpha value is -4.83. The van der Waals surface area contributed by atoms with Crippen LogP contribution in [-0.2, 0) is 23.8 Å². The summed E-state index contributed by atoms with van der Waals surface area (Å²) in [7, 11) is 1.47. The second-order valence-corrected chi connectivity index (χ2v) is 18.1. The van der Waals surface area contributed by atoms with Gasteiger partial charge in [0.05, 0.1) is 53.0 Å². The third-order valence-electron chi connectivity index (χ3n) is 12.9. The van der Waals surface area contributed by atoms with Crippen molar-refractivity contribution >= 4 is 34.1 Å². The molecule has 15 heteroatoms.